The van der Waals surface area contributed by atoms with Crippen molar-refractivity contribution in [2.75, 3.05) is 46.6 Å². The Hall–Kier alpha value is -0.160. The van der Waals surface area contributed by atoms with Gasteiger partial charge in [-0.1, -0.05) is 0 Å². The third-order valence-corrected chi connectivity index (χ3v) is 2.34. The van der Waals surface area contributed by atoms with Crippen molar-refractivity contribution in [2.45, 2.75) is 32.1 Å². The zero-order valence-electron chi connectivity index (χ0n) is 10.5. The Balaban J connectivity index is 2.83. The molecule has 0 heterocycles. The summed E-state index contributed by atoms with van der Waals surface area (Å²) in [6.45, 7) is 4.65. The Bertz CT molecular complexity index is 109. The fourth-order valence-electron chi connectivity index (χ4n) is 1.36. The van der Waals surface area contributed by atoms with Gasteiger partial charge >= 0.3 is 0 Å². The van der Waals surface area contributed by atoms with Crippen LogP contribution in [0.3, 0.4) is 0 Å². The average molecular weight is 233 g/mol. The molecule has 0 aromatic carbocycles. The van der Waals surface area contributed by atoms with Gasteiger partial charge in [-0.15, -0.1) is 0 Å². The molecule has 0 atom stereocenters. The van der Waals surface area contributed by atoms with Crippen molar-refractivity contribution in [3.63, 3.8) is 0 Å². The van der Waals surface area contributed by atoms with E-state index in [0.29, 0.717) is 19.8 Å². The van der Waals surface area contributed by atoms with E-state index in [4.69, 9.17) is 14.6 Å². The maximum atomic E-state index is 8.58. The number of hydrogen-bond donors (Lipinski definition) is 2. The summed E-state index contributed by atoms with van der Waals surface area (Å²) in [5.41, 5.74) is 0. The fourth-order valence-corrected chi connectivity index (χ4v) is 1.36. The molecule has 98 valence electrons. The molecule has 0 unspecified atom stereocenters. The third kappa shape index (κ3) is 13.8. The standard InChI is InChI=1S/C12H27NO3/c1-15-11-12-16-10-6-4-8-13-7-3-2-5-9-14/h13-14H,2-12H2,1H3. The Morgan fingerprint density at radius 3 is 2.31 bits per heavy atom. The van der Waals surface area contributed by atoms with E-state index in [0.717, 1.165) is 51.8 Å². The predicted molar refractivity (Wildman–Crippen MR) is 65.7 cm³/mol. The number of aliphatic hydroxyl groups excluding tert-OH is 1. The Labute approximate surface area is 99.3 Å². The highest BCUT2D eigenvalue weighted by molar-refractivity contribution is 4.49. The number of aliphatic hydroxyl groups is 1. The van der Waals surface area contributed by atoms with E-state index in [-0.39, 0.29) is 0 Å². The summed E-state index contributed by atoms with van der Waals surface area (Å²) in [7, 11) is 1.68. The molecule has 2 N–H and O–H groups in total. The van der Waals surface area contributed by atoms with Gasteiger partial charge in [-0.2, -0.15) is 0 Å². The number of hydrogen-bond acceptors (Lipinski definition) is 4. The first-order chi connectivity index (χ1) is 7.91. The van der Waals surface area contributed by atoms with E-state index >= 15 is 0 Å². The third-order valence-electron chi connectivity index (χ3n) is 2.34. The molecular formula is C12H27NO3. The lowest BCUT2D eigenvalue weighted by molar-refractivity contribution is 0.0688. The second-order valence-corrected chi connectivity index (χ2v) is 3.85. The monoisotopic (exact) mass is 233 g/mol. The van der Waals surface area contributed by atoms with Gasteiger partial charge in [0.15, 0.2) is 0 Å². The minimum atomic E-state index is 0.318. The minimum Gasteiger partial charge on any atom is -0.396 e. The van der Waals surface area contributed by atoms with Gasteiger partial charge in [0.05, 0.1) is 13.2 Å². The average Bonchev–Trinajstić information content (AvgIpc) is 2.31. The van der Waals surface area contributed by atoms with Crippen LogP contribution in [0.25, 0.3) is 0 Å². The fraction of sp³-hybridized carbons (Fsp3) is 1.00. The number of unbranched alkanes of at least 4 members (excludes halogenated alkanes) is 3. The summed E-state index contributed by atoms with van der Waals surface area (Å²) in [6.07, 6.45) is 5.46. The maximum absolute atomic E-state index is 8.58. The van der Waals surface area contributed by atoms with Crippen LogP contribution in [-0.4, -0.2) is 51.7 Å². The van der Waals surface area contributed by atoms with E-state index in [1.165, 1.54) is 0 Å². The first-order valence-electron chi connectivity index (χ1n) is 6.30. The molecule has 0 bridgehead atoms. The van der Waals surface area contributed by atoms with Crippen molar-refractivity contribution in [1.82, 2.24) is 5.32 Å². The zero-order valence-corrected chi connectivity index (χ0v) is 10.5. The SMILES string of the molecule is COCCOCCCCNCCCCCO. The highest BCUT2D eigenvalue weighted by Crippen LogP contribution is 1.93. The van der Waals surface area contributed by atoms with Crippen LogP contribution in [0.5, 0.6) is 0 Å². The first-order valence-corrected chi connectivity index (χ1v) is 6.30. The van der Waals surface area contributed by atoms with Crippen molar-refractivity contribution < 1.29 is 14.6 Å². The van der Waals surface area contributed by atoms with Crippen LogP contribution in [0.1, 0.15) is 32.1 Å². The van der Waals surface area contributed by atoms with E-state index in [2.05, 4.69) is 5.32 Å². The molecule has 0 saturated heterocycles. The summed E-state index contributed by atoms with van der Waals surface area (Å²) in [5.74, 6) is 0. The molecule has 16 heavy (non-hydrogen) atoms. The number of rotatable bonds is 13. The molecule has 4 heteroatoms. The smallest absolute Gasteiger partial charge is 0.0700 e. The molecule has 0 spiro atoms. The topological polar surface area (TPSA) is 50.7 Å². The normalized spacial score (nSPS) is 10.9. The van der Waals surface area contributed by atoms with Crippen molar-refractivity contribution in [2.24, 2.45) is 0 Å². The lowest BCUT2D eigenvalue weighted by Crippen LogP contribution is -2.17. The van der Waals surface area contributed by atoms with Crippen molar-refractivity contribution in [3.8, 4) is 0 Å². The van der Waals surface area contributed by atoms with Gasteiger partial charge in [-0.3, -0.25) is 0 Å². The predicted octanol–water partition coefficient (Wildman–Crippen LogP) is 1.18. The van der Waals surface area contributed by atoms with E-state index < -0.39 is 0 Å². The Kier molecular flexibility index (Phi) is 14.7. The number of nitrogens with one attached hydrogen (secondary N) is 1. The van der Waals surface area contributed by atoms with Gasteiger partial charge in [0, 0.05) is 20.3 Å². The highest BCUT2D eigenvalue weighted by atomic mass is 16.5. The van der Waals surface area contributed by atoms with Crippen LogP contribution in [0, 0.1) is 0 Å². The molecule has 0 fully saturated rings. The molecule has 0 aromatic heterocycles. The molecule has 4 nitrogen and oxygen atoms in total. The molecule has 0 aliphatic heterocycles. The van der Waals surface area contributed by atoms with Gasteiger partial charge in [-0.05, 0) is 45.2 Å². The molecule has 0 radical (unpaired) electrons. The van der Waals surface area contributed by atoms with Crippen molar-refractivity contribution in [3.05, 3.63) is 0 Å². The second kappa shape index (κ2) is 14.8. The summed E-state index contributed by atoms with van der Waals surface area (Å²) in [6, 6.07) is 0. The summed E-state index contributed by atoms with van der Waals surface area (Å²) >= 11 is 0. The van der Waals surface area contributed by atoms with Crippen LogP contribution in [-0.2, 0) is 9.47 Å². The largest absolute Gasteiger partial charge is 0.396 e. The summed E-state index contributed by atoms with van der Waals surface area (Å²) < 4.78 is 10.2. The van der Waals surface area contributed by atoms with Crippen LogP contribution in [0.2, 0.25) is 0 Å². The quantitative estimate of drug-likeness (QED) is 0.469. The molecule has 0 aliphatic carbocycles. The molecule has 0 aromatic rings. The van der Waals surface area contributed by atoms with Crippen LogP contribution in [0.4, 0.5) is 0 Å². The minimum absolute atomic E-state index is 0.318. The Morgan fingerprint density at radius 1 is 0.875 bits per heavy atom. The Morgan fingerprint density at radius 2 is 1.62 bits per heavy atom. The molecular weight excluding hydrogens is 206 g/mol. The van der Waals surface area contributed by atoms with E-state index in [9.17, 15) is 0 Å². The van der Waals surface area contributed by atoms with Crippen molar-refractivity contribution >= 4 is 0 Å². The van der Waals surface area contributed by atoms with Gasteiger partial charge < -0.3 is 19.9 Å². The van der Waals surface area contributed by atoms with Gasteiger partial charge in [0.25, 0.3) is 0 Å². The summed E-state index contributed by atoms with van der Waals surface area (Å²) in [5, 5.41) is 12.0. The summed E-state index contributed by atoms with van der Waals surface area (Å²) in [4.78, 5) is 0. The van der Waals surface area contributed by atoms with E-state index in [1.807, 2.05) is 0 Å². The molecule has 0 amide bonds. The van der Waals surface area contributed by atoms with Crippen LogP contribution >= 0.6 is 0 Å². The first kappa shape index (κ1) is 15.8. The second-order valence-electron chi connectivity index (χ2n) is 3.85. The van der Waals surface area contributed by atoms with Crippen molar-refractivity contribution in [1.29, 1.82) is 0 Å². The van der Waals surface area contributed by atoms with Crippen LogP contribution in [0.15, 0.2) is 0 Å². The van der Waals surface area contributed by atoms with Gasteiger partial charge in [0.2, 0.25) is 0 Å². The number of ether oxygens (including phenoxy) is 2. The zero-order chi connectivity index (χ0) is 11.9. The maximum Gasteiger partial charge on any atom is 0.0700 e. The lowest BCUT2D eigenvalue weighted by Gasteiger charge is -2.05. The van der Waals surface area contributed by atoms with Crippen LogP contribution < -0.4 is 5.32 Å². The number of methoxy groups -OCH3 is 1. The molecule has 0 rings (SSSR count). The van der Waals surface area contributed by atoms with E-state index in [1.54, 1.807) is 7.11 Å². The highest BCUT2D eigenvalue weighted by Gasteiger charge is 1.91. The molecule has 0 saturated carbocycles. The van der Waals surface area contributed by atoms with Gasteiger partial charge in [0.1, 0.15) is 0 Å². The molecule has 0 aliphatic rings. The van der Waals surface area contributed by atoms with Gasteiger partial charge in [-0.25, -0.2) is 0 Å². The lowest BCUT2D eigenvalue weighted by atomic mass is 10.2.